The van der Waals surface area contributed by atoms with Crippen molar-refractivity contribution in [2.45, 2.75) is 19.0 Å². The van der Waals surface area contributed by atoms with Crippen LogP contribution in [0.4, 0.5) is 19.0 Å². The molecule has 1 aliphatic rings. The third-order valence-corrected chi connectivity index (χ3v) is 3.21. The van der Waals surface area contributed by atoms with Crippen molar-refractivity contribution >= 4 is 11.8 Å². The molecule has 0 saturated heterocycles. The van der Waals surface area contributed by atoms with Gasteiger partial charge in [0.1, 0.15) is 17.6 Å². The van der Waals surface area contributed by atoms with Gasteiger partial charge in [0.05, 0.1) is 11.0 Å². The number of nitrogens with zero attached hydrogens (tertiary/aromatic N) is 2. The van der Waals surface area contributed by atoms with Crippen LogP contribution in [0, 0.1) is 16.7 Å². The normalized spacial score (nSPS) is 16.3. The quantitative estimate of drug-likeness (QED) is 0.886. The lowest BCUT2D eigenvalue weighted by molar-refractivity contribution is -0.143. The van der Waals surface area contributed by atoms with Crippen LogP contribution in [0.15, 0.2) is 12.1 Å². The molecular formula is C12H10F3N3O2. The number of carboxylic acids is 1. The van der Waals surface area contributed by atoms with Crippen LogP contribution in [0.2, 0.25) is 0 Å². The van der Waals surface area contributed by atoms with Crippen molar-refractivity contribution in [1.82, 2.24) is 4.98 Å². The summed E-state index contributed by atoms with van der Waals surface area (Å²) in [4.78, 5) is 14.3. The zero-order valence-electron chi connectivity index (χ0n) is 10.2. The number of aromatic nitrogens is 1. The first-order valence-corrected chi connectivity index (χ1v) is 5.74. The standard InChI is InChI=1S/C12H10F3N3O2/c13-12(14,15)8-2-1-7(5-16)9(18-8)17-6-11(3-4-11)10(19)20/h1-2H,3-4,6H2,(H,17,18)(H,19,20). The maximum absolute atomic E-state index is 12.6. The van der Waals surface area contributed by atoms with Gasteiger partial charge < -0.3 is 10.4 Å². The average molecular weight is 285 g/mol. The fourth-order valence-corrected chi connectivity index (χ4v) is 1.71. The number of nitrogens with one attached hydrogen (secondary N) is 1. The molecule has 0 amide bonds. The number of rotatable bonds is 4. The van der Waals surface area contributed by atoms with Crippen molar-refractivity contribution in [2.24, 2.45) is 5.41 Å². The van der Waals surface area contributed by atoms with Crippen molar-refractivity contribution in [3.05, 3.63) is 23.4 Å². The molecule has 1 aromatic heterocycles. The Morgan fingerprint density at radius 3 is 2.60 bits per heavy atom. The third kappa shape index (κ3) is 2.66. The highest BCUT2D eigenvalue weighted by atomic mass is 19.4. The van der Waals surface area contributed by atoms with E-state index in [1.165, 1.54) is 0 Å². The Kier molecular flexibility index (Phi) is 3.29. The molecule has 1 aromatic rings. The molecule has 0 aromatic carbocycles. The molecule has 1 aliphatic carbocycles. The average Bonchev–Trinajstić information content (AvgIpc) is 3.16. The van der Waals surface area contributed by atoms with Crippen LogP contribution in [0.5, 0.6) is 0 Å². The van der Waals surface area contributed by atoms with Crippen LogP contribution >= 0.6 is 0 Å². The fraction of sp³-hybridized carbons (Fsp3) is 0.417. The van der Waals surface area contributed by atoms with Crippen LogP contribution in [0.3, 0.4) is 0 Å². The van der Waals surface area contributed by atoms with Gasteiger partial charge in [0.2, 0.25) is 0 Å². The zero-order valence-corrected chi connectivity index (χ0v) is 10.2. The molecule has 0 bridgehead atoms. The predicted molar refractivity (Wildman–Crippen MR) is 61.7 cm³/mol. The van der Waals surface area contributed by atoms with E-state index in [0.717, 1.165) is 6.07 Å². The molecule has 0 spiro atoms. The monoisotopic (exact) mass is 285 g/mol. The Hall–Kier alpha value is -2.30. The second kappa shape index (κ2) is 4.67. The number of aliphatic carboxylic acids is 1. The smallest absolute Gasteiger partial charge is 0.433 e. The molecule has 106 valence electrons. The molecule has 0 atom stereocenters. The molecular weight excluding hydrogens is 275 g/mol. The number of alkyl halides is 3. The lowest BCUT2D eigenvalue weighted by atomic mass is 10.1. The Labute approximate surface area is 112 Å². The zero-order chi connectivity index (χ0) is 15.0. The highest BCUT2D eigenvalue weighted by Gasteiger charge is 2.50. The lowest BCUT2D eigenvalue weighted by Crippen LogP contribution is -2.25. The molecule has 1 saturated carbocycles. The summed E-state index contributed by atoms with van der Waals surface area (Å²) in [6.07, 6.45) is -3.71. The van der Waals surface area contributed by atoms with E-state index in [0.29, 0.717) is 18.9 Å². The fourth-order valence-electron chi connectivity index (χ4n) is 1.71. The Morgan fingerprint density at radius 1 is 1.50 bits per heavy atom. The molecule has 2 rings (SSSR count). The van der Waals surface area contributed by atoms with Gasteiger partial charge in [-0.1, -0.05) is 0 Å². The first-order chi connectivity index (χ1) is 9.28. The van der Waals surface area contributed by atoms with E-state index in [-0.39, 0.29) is 17.9 Å². The summed E-state index contributed by atoms with van der Waals surface area (Å²) in [7, 11) is 0. The van der Waals surface area contributed by atoms with E-state index in [4.69, 9.17) is 10.4 Å². The van der Waals surface area contributed by atoms with Crippen molar-refractivity contribution in [2.75, 3.05) is 11.9 Å². The van der Waals surface area contributed by atoms with Gasteiger partial charge in [-0.2, -0.15) is 18.4 Å². The second-order valence-corrected chi connectivity index (χ2v) is 4.64. The Bertz CT molecular complexity index is 589. The van der Waals surface area contributed by atoms with Gasteiger partial charge in [-0.3, -0.25) is 4.79 Å². The van der Waals surface area contributed by atoms with Crippen molar-refractivity contribution < 1.29 is 23.1 Å². The van der Waals surface area contributed by atoms with Gasteiger partial charge in [0.15, 0.2) is 0 Å². The Morgan fingerprint density at radius 2 is 2.15 bits per heavy atom. The van der Waals surface area contributed by atoms with Gasteiger partial charge in [0.25, 0.3) is 0 Å². The number of carbonyl (C=O) groups is 1. The summed E-state index contributed by atoms with van der Waals surface area (Å²) in [5.41, 5.74) is -2.14. The number of halogens is 3. The number of anilines is 1. The predicted octanol–water partition coefficient (Wildman–Crippen LogP) is 2.25. The highest BCUT2D eigenvalue weighted by molar-refractivity contribution is 5.78. The molecule has 0 unspecified atom stereocenters. The van der Waals surface area contributed by atoms with Crippen molar-refractivity contribution in [3.63, 3.8) is 0 Å². The number of nitriles is 1. The van der Waals surface area contributed by atoms with E-state index >= 15 is 0 Å². The first-order valence-electron chi connectivity index (χ1n) is 5.74. The van der Waals surface area contributed by atoms with Gasteiger partial charge in [-0.25, -0.2) is 4.98 Å². The number of pyridine rings is 1. The number of hydrogen-bond acceptors (Lipinski definition) is 4. The maximum Gasteiger partial charge on any atom is 0.433 e. The molecule has 8 heteroatoms. The van der Waals surface area contributed by atoms with E-state index in [1.54, 1.807) is 6.07 Å². The van der Waals surface area contributed by atoms with E-state index in [1.807, 2.05) is 0 Å². The van der Waals surface area contributed by atoms with E-state index in [9.17, 15) is 18.0 Å². The summed E-state index contributed by atoms with van der Waals surface area (Å²) >= 11 is 0. The largest absolute Gasteiger partial charge is 0.481 e. The van der Waals surface area contributed by atoms with Gasteiger partial charge in [0, 0.05) is 6.54 Å². The maximum atomic E-state index is 12.6. The minimum absolute atomic E-state index is 0.0503. The molecule has 1 heterocycles. The van der Waals surface area contributed by atoms with Crippen molar-refractivity contribution in [3.8, 4) is 6.07 Å². The highest BCUT2D eigenvalue weighted by Crippen LogP contribution is 2.45. The van der Waals surface area contributed by atoms with E-state index in [2.05, 4.69) is 10.3 Å². The SMILES string of the molecule is N#Cc1ccc(C(F)(F)F)nc1NCC1(C(=O)O)CC1. The molecule has 0 radical (unpaired) electrons. The second-order valence-electron chi connectivity index (χ2n) is 4.64. The molecule has 5 nitrogen and oxygen atoms in total. The molecule has 20 heavy (non-hydrogen) atoms. The topological polar surface area (TPSA) is 86.0 Å². The number of carboxylic acid groups (broad SMARTS) is 1. The molecule has 2 N–H and O–H groups in total. The minimum Gasteiger partial charge on any atom is -0.481 e. The molecule has 0 aliphatic heterocycles. The summed E-state index contributed by atoms with van der Waals surface area (Å²) in [5.74, 6) is -1.25. The third-order valence-electron chi connectivity index (χ3n) is 3.21. The summed E-state index contributed by atoms with van der Waals surface area (Å²) < 4.78 is 37.7. The Balaban J connectivity index is 2.22. The van der Waals surface area contributed by atoms with Crippen LogP contribution in [0.1, 0.15) is 24.1 Å². The number of hydrogen-bond donors (Lipinski definition) is 2. The minimum atomic E-state index is -4.62. The summed E-state index contributed by atoms with van der Waals surface area (Å²) in [5, 5.41) is 20.4. The van der Waals surface area contributed by atoms with Gasteiger partial charge in [-0.15, -0.1) is 0 Å². The lowest BCUT2D eigenvalue weighted by Gasteiger charge is -2.14. The molecule has 1 fully saturated rings. The van der Waals surface area contributed by atoms with Crippen LogP contribution < -0.4 is 5.32 Å². The summed E-state index contributed by atoms with van der Waals surface area (Å²) in [6.45, 7) is -0.0503. The van der Waals surface area contributed by atoms with Gasteiger partial charge in [-0.05, 0) is 25.0 Å². The van der Waals surface area contributed by atoms with Crippen LogP contribution in [-0.2, 0) is 11.0 Å². The van der Waals surface area contributed by atoms with Crippen LogP contribution in [-0.4, -0.2) is 22.6 Å². The van der Waals surface area contributed by atoms with Crippen LogP contribution in [0.25, 0.3) is 0 Å². The van der Waals surface area contributed by atoms with Gasteiger partial charge >= 0.3 is 12.1 Å². The van der Waals surface area contributed by atoms with Crippen molar-refractivity contribution in [1.29, 1.82) is 5.26 Å². The summed E-state index contributed by atoms with van der Waals surface area (Å²) in [6, 6.07) is 3.45. The first kappa shape index (κ1) is 14.1. The van der Waals surface area contributed by atoms with E-state index < -0.39 is 23.3 Å².